The van der Waals surface area contributed by atoms with E-state index in [1.165, 1.54) is 5.57 Å². The zero-order valence-electron chi connectivity index (χ0n) is 9.09. The van der Waals surface area contributed by atoms with Crippen LogP contribution >= 0.6 is 0 Å². The second-order valence-electron chi connectivity index (χ2n) is 4.82. The van der Waals surface area contributed by atoms with E-state index in [0.717, 1.165) is 5.76 Å². The quantitative estimate of drug-likeness (QED) is 0.556. The molecule has 3 heteroatoms. The van der Waals surface area contributed by atoms with E-state index in [0.29, 0.717) is 6.42 Å². The number of rotatable bonds is 0. The van der Waals surface area contributed by atoms with Gasteiger partial charge in [-0.15, -0.1) is 0 Å². The van der Waals surface area contributed by atoms with Crippen LogP contribution in [0.15, 0.2) is 11.3 Å². The maximum absolute atomic E-state index is 11.1. The molecule has 0 N–H and O–H groups in total. The van der Waals surface area contributed by atoms with E-state index in [1.54, 1.807) is 0 Å². The molecular formula is C11H16O3. The first-order valence-corrected chi connectivity index (χ1v) is 4.97. The van der Waals surface area contributed by atoms with Gasteiger partial charge in [-0.25, -0.2) is 0 Å². The Balaban J connectivity index is 2.35. The van der Waals surface area contributed by atoms with Crippen molar-refractivity contribution in [1.82, 2.24) is 0 Å². The molecule has 0 unspecified atom stereocenters. The van der Waals surface area contributed by atoms with Crippen LogP contribution in [0.4, 0.5) is 0 Å². The molecule has 0 spiro atoms. The Morgan fingerprint density at radius 1 is 1.36 bits per heavy atom. The largest absolute Gasteiger partial charge is 0.490 e. The smallest absolute Gasteiger partial charge is 0.310 e. The lowest BCUT2D eigenvalue weighted by Crippen LogP contribution is -2.29. The molecule has 3 nitrogen and oxygen atoms in total. The SMILES string of the molecule is CC(C)=C1O[C@@H]2CC(=O)O[C@@H]2C1(C)C. The fourth-order valence-corrected chi connectivity index (χ4v) is 2.45. The molecular weight excluding hydrogens is 180 g/mol. The van der Waals surface area contributed by atoms with E-state index < -0.39 is 0 Å². The molecule has 2 saturated heterocycles. The van der Waals surface area contributed by atoms with Gasteiger partial charge in [-0.1, -0.05) is 0 Å². The van der Waals surface area contributed by atoms with Gasteiger partial charge in [-0.05, 0) is 33.3 Å². The summed E-state index contributed by atoms with van der Waals surface area (Å²) in [6, 6.07) is 0. The van der Waals surface area contributed by atoms with Crippen LogP contribution < -0.4 is 0 Å². The molecule has 78 valence electrons. The van der Waals surface area contributed by atoms with Gasteiger partial charge in [0.25, 0.3) is 0 Å². The van der Waals surface area contributed by atoms with Crippen LogP contribution in [-0.2, 0) is 14.3 Å². The van der Waals surface area contributed by atoms with E-state index in [4.69, 9.17) is 9.47 Å². The van der Waals surface area contributed by atoms with Crippen LogP contribution in [-0.4, -0.2) is 18.2 Å². The topological polar surface area (TPSA) is 35.5 Å². The third-order valence-corrected chi connectivity index (χ3v) is 2.98. The van der Waals surface area contributed by atoms with Crippen molar-refractivity contribution in [2.45, 2.75) is 46.3 Å². The second-order valence-corrected chi connectivity index (χ2v) is 4.82. The molecule has 0 radical (unpaired) electrons. The van der Waals surface area contributed by atoms with Gasteiger partial charge in [-0.2, -0.15) is 0 Å². The van der Waals surface area contributed by atoms with Crippen molar-refractivity contribution in [1.29, 1.82) is 0 Å². The Morgan fingerprint density at radius 2 is 2.00 bits per heavy atom. The van der Waals surface area contributed by atoms with Gasteiger partial charge in [0.15, 0.2) is 6.10 Å². The summed E-state index contributed by atoms with van der Waals surface area (Å²) >= 11 is 0. The van der Waals surface area contributed by atoms with Gasteiger partial charge in [0, 0.05) is 0 Å². The predicted molar refractivity (Wildman–Crippen MR) is 51.5 cm³/mol. The molecule has 2 fully saturated rings. The van der Waals surface area contributed by atoms with E-state index >= 15 is 0 Å². The minimum Gasteiger partial charge on any atom is -0.490 e. The van der Waals surface area contributed by atoms with Crippen LogP contribution in [0.3, 0.4) is 0 Å². The minimum atomic E-state index is -0.171. The molecule has 0 bridgehead atoms. The molecule has 2 aliphatic rings. The monoisotopic (exact) mass is 196 g/mol. The fraction of sp³-hybridized carbons (Fsp3) is 0.727. The second kappa shape index (κ2) is 2.75. The first-order valence-electron chi connectivity index (χ1n) is 4.97. The van der Waals surface area contributed by atoms with Crippen molar-refractivity contribution in [3.8, 4) is 0 Å². The standard InChI is InChI=1S/C11H16O3/c1-6(2)9-11(3,4)10-7(13-9)5-8(12)14-10/h7,10H,5H2,1-4H3/t7-,10+/m1/s1. The average molecular weight is 196 g/mol. The zero-order valence-corrected chi connectivity index (χ0v) is 9.09. The summed E-state index contributed by atoms with van der Waals surface area (Å²) in [5.74, 6) is 0.848. The number of carbonyl (C=O) groups excluding carboxylic acids is 1. The van der Waals surface area contributed by atoms with Crippen molar-refractivity contribution in [3.63, 3.8) is 0 Å². The van der Waals surface area contributed by atoms with E-state index in [9.17, 15) is 4.79 Å². The highest BCUT2D eigenvalue weighted by molar-refractivity contribution is 5.73. The van der Waals surface area contributed by atoms with Gasteiger partial charge in [0.2, 0.25) is 0 Å². The number of esters is 1. The number of allylic oxidation sites excluding steroid dienone is 1. The van der Waals surface area contributed by atoms with Crippen molar-refractivity contribution in [2.24, 2.45) is 5.41 Å². The fourth-order valence-electron chi connectivity index (χ4n) is 2.45. The third kappa shape index (κ3) is 1.15. The molecule has 0 aromatic carbocycles. The molecule has 14 heavy (non-hydrogen) atoms. The Labute approximate surface area is 84.1 Å². The lowest BCUT2D eigenvalue weighted by molar-refractivity contribution is -0.144. The van der Waals surface area contributed by atoms with Crippen LogP contribution in [0.1, 0.15) is 34.1 Å². The molecule has 2 heterocycles. The van der Waals surface area contributed by atoms with Crippen molar-refractivity contribution in [3.05, 3.63) is 11.3 Å². The Bertz CT molecular complexity index is 310. The summed E-state index contributed by atoms with van der Waals surface area (Å²) in [6.45, 7) is 8.19. The van der Waals surface area contributed by atoms with Crippen molar-refractivity contribution < 1.29 is 14.3 Å². The summed E-state index contributed by atoms with van der Waals surface area (Å²) in [7, 11) is 0. The van der Waals surface area contributed by atoms with Crippen LogP contribution in [0.25, 0.3) is 0 Å². The highest BCUT2D eigenvalue weighted by atomic mass is 16.6. The Hall–Kier alpha value is -0.990. The average Bonchev–Trinajstić information content (AvgIpc) is 2.50. The van der Waals surface area contributed by atoms with Crippen molar-refractivity contribution in [2.75, 3.05) is 0 Å². The van der Waals surface area contributed by atoms with Crippen LogP contribution in [0.2, 0.25) is 0 Å². The van der Waals surface area contributed by atoms with Gasteiger partial charge >= 0.3 is 5.97 Å². The van der Waals surface area contributed by atoms with Gasteiger partial charge in [0.1, 0.15) is 11.9 Å². The molecule has 2 atom stereocenters. The Kier molecular flexibility index (Phi) is 1.88. The van der Waals surface area contributed by atoms with E-state index in [-0.39, 0.29) is 23.6 Å². The summed E-state index contributed by atoms with van der Waals surface area (Å²) in [4.78, 5) is 11.1. The number of hydrogen-bond donors (Lipinski definition) is 0. The van der Waals surface area contributed by atoms with Crippen LogP contribution in [0.5, 0.6) is 0 Å². The molecule has 2 aliphatic heterocycles. The number of fused-ring (bicyclic) bond motifs is 1. The van der Waals surface area contributed by atoms with E-state index in [2.05, 4.69) is 13.8 Å². The summed E-state index contributed by atoms with van der Waals surface area (Å²) in [6.07, 6.45) is 0.229. The maximum Gasteiger partial charge on any atom is 0.310 e. The number of ether oxygens (including phenoxy) is 2. The summed E-state index contributed by atoms with van der Waals surface area (Å²) in [5, 5.41) is 0. The van der Waals surface area contributed by atoms with Crippen LogP contribution in [0, 0.1) is 5.41 Å². The first kappa shape index (κ1) is 9.56. The molecule has 0 aromatic rings. The normalized spacial score (nSPS) is 33.7. The number of hydrogen-bond acceptors (Lipinski definition) is 3. The minimum absolute atomic E-state index is 0.0672. The molecule has 0 amide bonds. The number of carbonyl (C=O) groups is 1. The van der Waals surface area contributed by atoms with Gasteiger partial charge in [0.05, 0.1) is 11.8 Å². The van der Waals surface area contributed by atoms with Gasteiger partial charge < -0.3 is 9.47 Å². The first-order chi connectivity index (χ1) is 6.43. The van der Waals surface area contributed by atoms with Gasteiger partial charge in [-0.3, -0.25) is 4.79 Å². The summed E-state index contributed by atoms with van der Waals surface area (Å²) < 4.78 is 11.0. The van der Waals surface area contributed by atoms with Crippen molar-refractivity contribution >= 4 is 5.97 Å². The maximum atomic E-state index is 11.1. The highest BCUT2D eigenvalue weighted by Gasteiger charge is 2.55. The lowest BCUT2D eigenvalue weighted by atomic mass is 9.83. The lowest BCUT2D eigenvalue weighted by Gasteiger charge is -2.23. The zero-order chi connectivity index (χ0) is 10.5. The highest BCUT2D eigenvalue weighted by Crippen LogP contribution is 2.48. The third-order valence-electron chi connectivity index (χ3n) is 2.98. The van der Waals surface area contributed by atoms with E-state index in [1.807, 2.05) is 13.8 Å². The molecule has 2 rings (SSSR count). The summed E-state index contributed by atoms with van der Waals surface area (Å²) in [5.41, 5.74) is 0.996. The molecule has 0 aliphatic carbocycles. The predicted octanol–water partition coefficient (Wildman–Crippen LogP) is 2.02. The molecule has 0 saturated carbocycles. The molecule has 0 aromatic heterocycles. The Morgan fingerprint density at radius 3 is 2.50 bits per heavy atom.